The molecule has 2 N–H and O–H groups in total. The number of carbonyl (C=O) groups excluding carboxylic acids is 1. The highest BCUT2D eigenvalue weighted by atomic mass is 16.6. The van der Waals surface area contributed by atoms with Crippen LogP contribution in [-0.2, 0) is 9.53 Å². The SMILES string of the molecule is CC[C@H](C)/C=C/C=C(\C)C[C@@H](C)/C=C/C=C/[C@@H](O)[C@@]1(C)C=C(O)C(=O)O1. The molecule has 4 atom stereocenters. The van der Waals surface area contributed by atoms with Crippen LogP contribution < -0.4 is 0 Å². The predicted molar refractivity (Wildman–Crippen MR) is 106 cm³/mol. The fraction of sp³-hybridized carbons (Fsp3) is 0.500. The van der Waals surface area contributed by atoms with E-state index in [1.54, 1.807) is 19.1 Å². The van der Waals surface area contributed by atoms with E-state index in [0.29, 0.717) is 11.8 Å². The van der Waals surface area contributed by atoms with E-state index >= 15 is 0 Å². The van der Waals surface area contributed by atoms with Crippen molar-refractivity contribution in [2.75, 3.05) is 0 Å². The summed E-state index contributed by atoms with van der Waals surface area (Å²) in [4.78, 5) is 11.2. The van der Waals surface area contributed by atoms with Gasteiger partial charge in [0.05, 0.1) is 0 Å². The molecule has 0 amide bonds. The van der Waals surface area contributed by atoms with Gasteiger partial charge in [0.2, 0.25) is 5.76 Å². The number of cyclic esters (lactones) is 1. The van der Waals surface area contributed by atoms with Crippen molar-refractivity contribution in [3.63, 3.8) is 0 Å². The normalized spacial score (nSPS) is 25.1. The van der Waals surface area contributed by atoms with Crippen molar-refractivity contribution >= 4 is 5.97 Å². The first-order valence-electron chi connectivity index (χ1n) is 9.20. The molecule has 0 unspecified atom stereocenters. The summed E-state index contributed by atoms with van der Waals surface area (Å²) in [6, 6.07) is 0. The third kappa shape index (κ3) is 7.04. The highest BCUT2D eigenvalue weighted by molar-refractivity contribution is 5.89. The molecular formula is C22H32O4. The molecule has 0 bridgehead atoms. The Kier molecular flexibility index (Phi) is 8.59. The molecule has 0 aliphatic carbocycles. The number of hydrogen-bond donors (Lipinski definition) is 2. The fourth-order valence-corrected chi connectivity index (χ4v) is 2.56. The van der Waals surface area contributed by atoms with E-state index in [1.807, 2.05) is 6.08 Å². The Balaban J connectivity index is 2.50. The Bertz CT molecular complexity index is 624. The van der Waals surface area contributed by atoms with Crippen molar-refractivity contribution < 1.29 is 19.7 Å². The van der Waals surface area contributed by atoms with Crippen LogP contribution in [0.15, 0.2) is 59.9 Å². The second kappa shape index (κ2) is 10.2. The van der Waals surface area contributed by atoms with Crippen LogP contribution in [0.5, 0.6) is 0 Å². The van der Waals surface area contributed by atoms with Gasteiger partial charge >= 0.3 is 5.97 Å². The third-order valence-electron chi connectivity index (χ3n) is 4.48. The van der Waals surface area contributed by atoms with Crippen molar-refractivity contribution in [2.24, 2.45) is 11.8 Å². The molecule has 0 aromatic heterocycles. The number of allylic oxidation sites excluding steroid dienone is 7. The number of ether oxygens (including phenoxy) is 1. The fourth-order valence-electron chi connectivity index (χ4n) is 2.56. The molecule has 0 aromatic rings. The summed E-state index contributed by atoms with van der Waals surface area (Å²) in [6.45, 7) is 10.2. The maximum atomic E-state index is 11.2. The zero-order chi connectivity index (χ0) is 19.7. The summed E-state index contributed by atoms with van der Waals surface area (Å²) in [7, 11) is 0. The largest absolute Gasteiger partial charge is 0.502 e. The van der Waals surface area contributed by atoms with E-state index in [-0.39, 0.29) is 0 Å². The molecular weight excluding hydrogens is 328 g/mol. The van der Waals surface area contributed by atoms with Crippen molar-refractivity contribution in [3.8, 4) is 0 Å². The molecule has 1 rings (SSSR count). The first-order chi connectivity index (χ1) is 12.2. The Labute approximate surface area is 157 Å². The molecule has 0 aromatic carbocycles. The first kappa shape index (κ1) is 22.0. The van der Waals surface area contributed by atoms with Gasteiger partial charge in [0.1, 0.15) is 6.10 Å². The van der Waals surface area contributed by atoms with E-state index in [2.05, 4.69) is 52.0 Å². The molecule has 0 radical (unpaired) electrons. The second-order valence-electron chi connectivity index (χ2n) is 7.28. The van der Waals surface area contributed by atoms with E-state index in [4.69, 9.17) is 4.74 Å². The summed E-state index contributed by atoms with van der Waals surface area (Å²) in [5, 5.41) is 19.5. The molecule has 4 nitrogen and oxygen atoms in total. The number of rotatable bonds is 9. The van der Waals surface area contributed by atoms with Crippen molar-refractivity contribution in [1.29, 1.82) is 0 Å². The monoisotopic (exact) mass is 360 g/mol. The lowest BCUT2D eigenvalue weighted by atomic mass is 9.98. The quantitative estimate of drug-likeness (QED) is 0.458. The number of carbonyl (C=O) groups is 1. The van der Waals surface area contributed by atoms with Crippen LogP contribution in [-0.4, -0.2) is 27.9 Å². The van der Waals surface area contributed by atoms with Crippen LogP contribution in [0.1, 0.15) is 47.5 Å². The maximum Gasteiger partial charge on any atom is 0.374 e. The van der Waals surface area contributed by atoms with Crippen molar-refractivity contribution in [1.82, 2.24) is 0 Å². The molecule has 144 valence electrons. The number of hydrogen-bond acceptors (Lipinski definition) is 4. The molecule has 1 aliphatic rings. The molecule has 0 spiro atoms. The molecule has 0 saturated carbocycles. The molecule has 4 heteroatoms. The molecule has 26 heavy (non-hydrogen) atoms. The van der Waals surface area contributed by atoms with Crippen molar-refractivity contribution in [3.05, 3.63) is 59.9 Å². The van der Waals surface area contributed by atoms with Crippen LogP contribution in [0.2, 0.25) is 0 Å². The lowest BCUT2D eigenvalue weighted by molar-refractivity contribution is -0.153. The minimum Gasteiger partial charge on any atom is -0.502 e. The van der Waals surface area contributed by atoms with Crippen LogP contribution in [0.4, 0.5) is 0 Å². The standard InChI is InChI=1S/C22H32O4/c1-6-16(2)11-9-12-18(4)14-17(3)10-7-8-13-20(24)22(5)15-19(23)21(25)26-22/h7-13,15-17,20,23-24H,6,14H2,1-5H3/b10-7+,11-9+,13-8+,18-12+/t16-,17-,20+,22+/m0/s1. The summed E-state index contributed by atoms with van der Waals surface area (Å²) in [5.41, 5.74) is 0.0926. The van der Waals surface area contributed by atoms with Crippen LogP contribution in [0, 0.1) is 11.8 Å². The van der Waals surface area contributed by atoms with Gasteiger partial charge < -0.3 is 14.9 Å². The maximum absolute atomic E-state index is 11.2. The average Bonchev–Trinajstić information content (AvgIpc) is 2.84. The Hall–Kier alpha value is -2.07. The van der Waals surface area contributed by atoms with Crippen LogP contribution in [0.3, 0.4) is 0 Å². The van der Waals surface area contributed by atoms with Gasteiger partial charge in [-0.3, -0.25) is 0 Å². The van der Waals surface area contributed by atoms with E-state index in [9.17, 15) is 15.0 Å². The minimum absolute atomic E-state index is 0.369. The molecule has 1 aliphatic heterocycles. The smallest absolute Gasteiger partial charge is 0.374 e. The van der Waals surface area contributed by atoms with Gasteiger partial charge in [-0.25, -0.2) is 4.79 Å². The average molecular weight is 360 g/mol. The van der Waals surface area contributed by atoms with Gasteiger partial charge in [-0.2, -0.15) is 0 Å². The van der Waals surface area contributed by atoms with Crippen molar-refractivity contribution in [2.45, 2.75) is 59.2 Å². The number of aliphatic hydroxyl groups is 2. The topological polar surface area (TPSA) is 66.8 Å². The zero-order valence-corrected chi connectivity index (χ0v) is 16.5. The second-order valence-corrected chi connectivity index (χ2v) is 7.28. The van der Waals surface area contributed by atoms with Gasteiger partial charge in [-0.1, -0.05) is 75.3 Å². The Morgan fingerprint density at radius 3 is 2.38 bits per heavy atom. The van der Waals surface area contributed by atoms with Gasteiger partial charge in [0.15, 0.2) is 5.60 Å². The van der Waals surface area contributed by atoms with Gasteiger partial charge in [-0.15, -0.1) is 0 Å². The molecule has 0 saturated heterocycles. The predicted octanol–water partition coefficient (Wildman–Crippen LogP) is 4.79. The van der Waals surface area contributed by atoms with Gasteiger partial charge in [0, 0.05) is 6.08 Å². The molecule has 0 fully saturated rings. The highest BCUT2D eigenvalue weighted by Gasteiger charge is 2.41. The summed E-state index contributed by atoms with van der Waals surface area (Å²) in [6.07, 6.45) is 16.0. The van der Waals surface area contributed by atoms with E-state index in [0.717, 1.165) is 12.8 Å². The lowest BCUT2D eigenvalue weighted by Gasteiger charge is -2.24. The van der Waals surface area contributed by atoms with E-state index in [1.165, 1.54) is 11.6 Å². The third-order valence-corrected chi connectivity index (χ3v) is 4.48. The summed E-state index contributed by atoms with van der Waals surface area (Å²) >= 11 is 0. The minimum atomic E-state index is -1.22. The first-order valence-corrected chi connectivity index (χ1v) is 9.20. The van der Waals surface area contributed by atoms with Crippen LogP contribution >= 0.6 is 0 Å². The highest BCUT2D eigenvalue weighted by Crippen LogP contribution is 2.27. The van der Waals surface area contributed by atoms with Gasteiger partial charge in [-0.05, 0) is 32.1 Å². The van der Waals surface area contributed by atoms with Crippen LogP contribution in [0.25, 0.3) is 0 Å². The summed E-state index contributed by atoms with van der Waals surface area (Å²) < 4.78 is 5.00. The number of aliphatic hydroxyl groups excluding tert-OH is 2. The lowest BCUT2D eigenvalue weighted by Crippen LogP contribution is -2.37. The number of esters is 1. The zero-order valence-electron chi connectivity index (χ0n) is 16.5. The summed E-state index contributed by atoms with van der Waals surface area (Å²) in [5.74, 6) is -0.304. The van der Waals surface area contributed by atoms with E-state index < -0.39 is 23.4 Å². The Morgan fingerprint density at radius 2 is 1.81 bits per heavy atom. The Morgan fingerprint density at radius 1 is 1.19 bits per heavy atom. The molecule has 1 heterocycles. The van der Waals surface area contributed by atoms with Gasteiger partial charge in [0.25, 0.3) is 0 Å².